The molecule has 5 aliphatic carbocycles. The Bertz CT molecular complexity index is 887. The Morgan fingerprint density at radius 1 is 1.12 bits per heavy atom. The fourth-order valence-corrected chi connectivity index (χ4v) is 9.22. The Labute approximate surface area is 202 Å². The molecule has 0 unspecified atom stereocenters. The van der Waals surface area contributed by atoms with Gasteiger partial charge in [0, 0.05) is 10.9 Å². The van der Waals surface area contributed by atoms with Crippen molar-refractivity contribution in [1.82, 2.24) is 5.32 Å². The van der Waals surface area contributed by atoms with Gasteiger partial charge in [0.25, 0.3) is 0 Å². The summed E-state index contributed by atoms with van der Waals surface area (Å²) in [6, 6.07) is 0.0228. The molecule has 1 aromatic heterocycles. The Balaban J connectivity index is 1.29. The molecule has 5 aliphatic rings. The maximum absolute atomic E-state index is 13.3. The summed E-state index contributed by atoms with van der Waals surface area (Å²) in [4.78, 5) is 27.3. The van der Waals surface area contributed by atoms with E-state index < -0.39 is 0 Å². The second-order valence-electron chi connectivity index (χ2n) is 11.7. The zero-order chi connectivity index (χ0) is 23.3. The molecule has 5 nitrogen and oxygen atoms in total. The van der Waals surface area contributed by atoms with E-state index in [1.165, 1.54) is 43.4 Å². The summed E-state index contributed by atoms with van der Waals surface area (Å²) in [7, 11) is 0. The first-order valence-corrected chi connectivity index (χ1v) is 14.0. The molecule has 0 spiro atoms. The Hall–Kier alpha value is -1.40. The third kappa shape index (κ3) is 4.38. The predicted octanol–water partition coefficient (Wildman–Crippen LogP) is 5.57. The van der Waals surface area contributed by atoms with Gasteiger partial charge in [-0.15, -0.1) is 11.3 Å². The monoisotopic (exact) mass is 472 g/mol. The van der Waals surface area contributed by atoms with Crippen LogP contribution in [0.1, 0.15) is 93.4 Å². The quantitative estimate of drug-likeness (QED) is 0.509. The minimum Gasteiger partial charge on any atom is -0.462 e. The summed E-state index contributed by atoms with van der Waals surface area (Å²) in [5, 5.41) is 7.47. The van der Waals surface area contributed by atoms with Crippen LogP contribution in [0.2, 0.25) is 0 Å². The molecule has 4 saturated carbocycles. The van der Waals surface area contributed by atoms with Gasteiger partial charge in [-0.05, 0) is 113 Å². The third-order valence-corrected chi connectivity index (χ3v) is 10.3. The van der Waals surface area contributed by atoms with E-state index in [2.05, 4.69) is 24.5 Å². The molecular weight excluding hydrogens is 432 g/mol. The van der Waals surface area contributed by atoms with Crippen LogP contribution >= 0.6 is 11.3 Å². The highest BCUT2D eigenvalue weighted by Crippen LogP contribution is 2.61. The normalized spacial score (nSPS) is 33.9. The standard InChI is InChI=1S/C27H40N2O3S/c1-5-32-26(31)23-21-7-6-15(2)8-22(21)33-25(23)29-24(30)16(3)28-17(4)27-12-18-9-19(13-27)11-20(10-18)14-27/h15-20,28H,5-14H2,1-4H3,(H,29,30)/t15-,16-,17-,18?,19?,20?,27?/m1/s1. The number of nitrogens with one attached hydrogen (secondary N) is 2. The summed E-state index contributed by atoms with van der Waals surface area (Å²) in [6.07, 6.45) is 11.2. The molecule has 6 heteroatoms. The van der Waals surface area contributed by atoms with Crippen molar-refractivity contribution in [2.75, 3.05) is 11.9 Å². The van der Waals surface area contributed by atoms with Crippen molar-refractivity contribution in [3.63, 3.8) is 0 Å². The van der Waals surface area contributed by atoms with Crippen molar-refractivity contribution in [2.45, 2.75) is 97.6 Å². The number of fused-ring (bicyclic) bond motifs is 1. The highest BCUT2D eigenvalue weighted by molar-refractivity contribution is 7.17. The van der Waals surface area contributed by atoms with Gasteiger partial charge >= 0.3 is 5.97 Å². The van der Waals surface area contributed by atoms with Crippen molar-refractivity contribution in [3.8, 4) is 0 Å². The van der Waals surface area contributed by atoms with Gasteiger partial charge in [-0.2, -0.15) is 0 Å². The number of ether oxygens (including phenoxy) is 1. The summed E-state index contributed by atoms with van der Waals surface area (Å²) in [5.41, 5.74) is 2.05. The van der Waals surface area contributed by atoms with Gasteiger partial charge in [0.15, 0.2) is 0 Å². The maximum Gasteiger partial charge on any atom is 0.341 e. The van der Waals surface area contributed by atoms with Crippen molar-refractivity contribution in [3.05, 3.63) is 16.0 Å². The highest BCUT2D eigenvalue weighted by atomic mass is 32.1. The topological polar surface area (TPSA) is 67.4 Å². The lowest BCUT2D eigenvalue weighted by Crippen LogP contribution is -2.57. The maximum atomic E-state index is 13.3. The largest absolute Gasteiger partial charge is 0.462 e. The van der Waals surface area contributed by atoms with E-state index in [0.29, 0.717) is 34.5 Å². The molecule has 0 aromatic carbocycles. The zero-order valence-corrected chi connectivity index (χ0v) is 21.5. The van der Waals surface area contributed by atoms with Crippen LogP contribution in [0, 0.1) is 29.1 Å². The average molecular weight is 473 g/mol. The second-order valence-corrected chi connectivity index (χ2v) is 12.8. The van der Waals surface area contributed by atoms with Gasteiger partial charge in [-0.3, -0.25) is 4.79 Å². The van der Waals surface area contributed by atoms with E-state index in [0.717, 1.165) is 42.6 Å². The molecule has 4 fully saturated rings. The fourth-order valence-electron chi connectivity index (χ4n) is 7.81. The number of thiophene rings is 1. The number of carbonyl (C=O) groups is 2. The number of hydrogen-bond acceptors (Lipinski definition) is 5. The van der Waals surface area contributed by atoms with Crippen molar-refractivity contribution >= 4 is 28.2 Å². The van der Waals surface area contributed by atoms with Crippen molar-refractivity contribution < 1.29 is 14.3 Å². The molecule has 33 heavy (non-hydrogen) atoms. The molecule has 1 amide bonds. The van der Waals surface area contributed by atoms with E-state index in [-0.39, 0.29) is 17.9 Å². The number of hydrogen-bond donors (Lipinski definition) is 2. The molecule has 2 N–H and O–H groups in total. The fraction of sp³-hybridized carbons (Fsp3) is 0.778. The van der Waals surface area contributed by atoms with Crippen LogP contribution in [0.4, 0.5) is 5.00 Å². The molecule has 0 saturated heterocycles. The minimum absolute atomic E-state index is 0.0521. The molecule has 0 radical (unpaired) electrons. The minimum atomic E-state index is -0.305. The van der Waals surface area contributed by atoms with Gasteiger partial charge in [0.05, 0.1) is 18.2 Å². The number of carbonyl (C=O) groups excluding carboxylic acids is 2. The Kier molecular flexibility index (Phi) is 6.36. The molecule has 1 heterocycles. The molecule has 3 atom stereocenters. The van der Waals surface area contributed by atoms with Crippen LogP contribution in [0.25, 0.3) is 0 Å². The van der Waals surface area contributed by atoms with E-state index in [1.54, 1.807) is 11.3 Å². The average Bonchev–Trinajstić information content (AvgIpc) is 3.09. The number of rotatable bonds is 7. The van der Waals surface area contributed by atoms with Gasteiger partial charge in [0.1, 0.15) is 5.00 Å². The lowest BCUT2D eigenvalue weighted by atomic mass is 9.48. The third-order valence-electron chi connectivity index (χ3n) is 9.13. The first kappa shape index (κ1) is 23.3. The first-order chi connectivity index (χ1) is 15.8. The summed E-state index contributed by atoms with van der Waals surface area (Å²) < 4.78 is 5.37. The van der Waals surface area contributed by atoms with Gasteiger partial charge < -0.3 is 15.4 Å². The van der Waals surface area contributed by atoms with Gasteiger partial charge in [0.2, 0.25) is 5.91 Å². The lowest BCUT2D eigenvalue weighted by molar-refractivity contribution is -0.119. The highest BCUT2D eigenvalue weighted by Gasteiger charge is 2.53. The van der Waals surface area contributed by atoms with Crippen molar-refractivity contribution in [2.24, 2.45) is 29.1 Å². The number of esters is 1. The van der Waals surface area contributed by atoms with Gasteiger partial charge in [-0.25, -0.2) is 4.79 Å². The number of amides is 1. The Morgan fingerprint density at radius 2 is 1.76 bits per heavy atom. The van der Waals surface area contributed by atoms with E-state index >= 15 is 0 Å². The van der Waals surface area contributed by atoms with Crippen LogP contribution in [-0.4, -0.2) is 30.6 Å². The molecule has 6 rings (SSSR count). The van der Waals surface area contributed by atoms with Crippen LogP contribution in [0.15, 0.2) is 0 Å². The molecule has 0 aliphatic heterocycles. The van der Waals surface area contributed by atoms with Crippen LogP contribution < -0.4 is 10.6 Å². The van der Waals surface area contributed by atoms with Gasteiger partial charge in [-0.1, -0.05) is 6.92 Å². The van der Waals surface area contributed by atoms with E-state index in [4.69, 9.17) is 4.74 Å². The van der Waals surface area contributed by atoms with Crippen molar-refractivity contribution in [1.29, 1.82) is 0 Å². The van der Waals surface area contributed by atoms with E-state index in [9.17, 15) is 9.59 Å². The Morgan fingerprint density at radius 3 is 2.36 bits per heavy atom. The summed E-state index contributed by atoms with van der Waals surface area (Å²) >= 11 is 1.57. The van der Waals surface area contributed by atoms with Crippen LogP contribution in [0.3, 0.4) is 0 Å². The van der Waals surface area contributed by atoms with E-state index in [1.807, 2.05) is 13.8 Å². The molecule has 4 bridgehead atoms. The second kappa shape index (κ2) is 8.99. The summed E-state index contributed by atoms with van der Waals surface area (Å²) in [5.74, 6) is 2.95. The van der Waals surface area contributed by atoms with Crippen LogP contribution in [0.5, 0.6) is 0 Å². The molecule has 1 aromatic rings. The lowest BCUT2D eigenvalue weighted by Gasteiger charge is -2.59. The number of anilines is 1. The summed E-state index contributed by atoms with van der Waals surface area (Å²) in [6.45, 7) is 8.68. The molecule has 182 valence electrons. The predicted molar refractivity (Wildman–Crippen MR) is 133 cm³/mol. The smallest absolute Gasteiger partial charge is 0.341 e. The molecular formula is C27H40N2O3S. The first-order valence-electron chi connectivity index (χ1n) is 13.2. The van der Waals surface area contributed by atoms with Crippen LogP contribution in [-0.2, 0) is 22.4 Å². The zero-order valence-electron chi connectivity index (χ0n) is 20.7. The SMILES string of the molecule is CCOC(=O)c1c(NC(=O)[C@@H](C)N[C@H](C)C23CC4CC(CC(C4)C2)C3)sc2c1CC[C@@H](C)C2.